The van der Waals surface area contributed by atoms with E-state index in [1.807, 2.05) is 30.3 Å². The van der Waals surface area contributed by atoms with Gasteiger partial charge in [-0.1, -0.05) is 30.3 Å². The van der Waals surface area contributed by atoms with Crippen molar-refractivity contribution in [3.05, 3.63) is 106 Å². The molecule has 0 bridgehead atoms. The molecule has 0 aliphatic heterocycles. The molecule has 4 aromatic rings. The van der Waals surface area contributed by atoms with Crippen LogP contribution in [0.5, 0.6) is 5.75 Å². The Morgan fingerprint density at radius 3 is 2.52 bits per heavy atom. The van der Waals surface area contributed by atoms with Gasteiger partial charge in [-0.15, -0.1) is 11.3 Å². The quantitative estimate of drug-likeness (QED) is 0.358. The van der Waals surface area contributed by atoms with Crippen LogP contribution in [-0.2, 0) is 26.2 Å². The summed E-state index contributed by atoms with van der Waals surface area (Å²) in [6, 6.07) is 20.3. The largest absolute Gasteiger partial charge is 0.486 e. The van der Waals surface area contributed by atoms with Crippen LogP contribution in [0.2, 0.25) is 0 Å². The summed E-state index contributed by atoms with van der Waals surface area (Å²) in [7, 11) is 0. The van der Waals surface area contributed by atoms with E-state index in [9.17, 15) is 4.39 Å². The van der Waals surface area contributed by atoms with E-state index in [1.165, 1.54) is 17.7 Å². The third-order valence-electron chi connectivity index (χ3n) is 4.37. The lowest BCUT2D eigenvalue weighted by Crippen LogP contribution is -2.22. The van der Waals surface area contributed by atoms with Crippen molar-refractivity contribution in [2.45, 2.75) is 26.2 Å². The highest BCUT2D eigenvalue weighted by Gasteiger charge is 2.12. The summed E-state index contributed by atoms with van der Waals surface area (Å²) >= 11 is 1.57. The first kappa shape index (κ1) is 19.4. The topological polar surface area (TPSA) is 38.5 Å². The fourth-order valence-corrected chi connectivity index (χ4v) is 3.72. The Morgan fingerprint density at radius 2 is 1.76 bits per heavy atom. The summed E-state index contributed by atoms with van der Waals surface area (Å²) in [4.78, 5) is 7.00. The van der Waals surface area contributed by atoms with Crippen LogP contribution in [0.4, 0.5) is 4.39 Å². The molecule has 0 saturated carbocycles. The lowest BCUT2D eigenvalue weighted by molar-refractivity contribution is 0.224. The van der Waals surface area contributed by atoms with E-state index < -0.39 is 0 Å². The van der Waals surface area contributed by atoms with Crippen LogP contribution in [-0.4, -0.2) is 9.88 Å². The van der Waals surface area contributed by atoms with Gasteiger partial charge in [-0.05, 0) is 42.0 Å². The fourth-order valence-electron chi connectivity index (χ4n) is 3.03. The lowest BCUT2D eigenvalue weighted by atomic mass is 10.2. The summed E-state index contributed by atoms with van der Waals surface area (Å²) in [5.74, 6) is 1.28. The van der Waals surface area contributed by atoms with Crippen LogP contribution in [0.3, 0.4) is 0 Å². The molecule has 2 aromatic heterocycles. The molecule has 4 nitrogen and oxygen atoms in total. The van der Waals surface area contributed by atoms with Crippen molar-refractivity contribution in [3.63, 3.8) is 0 Å². The number of thiazole rings is 1. The highest BCUT2D eigenvalue weighted by Crippen LogP contribution is 2.19. The zero-order valence-corrected chi connectivity index (χ0v) is 16.6. The van der Waals surface area contributed by atoms with Crippen LogP contribution >= 0.6 is 11.3 Å². The summed E-state index contributed by atoms with van der Waals surface area (Å²) < 4.78 is 24.2. The van der Waals surface area contributed by atoms with E-state index >= 15 is 0 Å². The van der Waals surface area contributed by atoms with Crippen molar-refractivity contribution >= 4 is 11.3 Å². The zero-order valence-electron chi connectivity index (χ0n) is 15.8. The van der Waals surface area contributed by atoms with Gasteiger partial charge in [-0.2, -0.15) is 0 Å². The SMILES string of the molecule is Fc1ccc(OCc2nc(CN(Cc3ccccc3)Cc3ccco3)cs2)cc1. The number of halogens is 1. The maximum Gasteiger partial charge on any atom is 0.140 e. The van der Waals surface area contributed by atoms with E-state index in [1.54, 1.807) is 29.7 Å². The van der Waals surface area contributed by atoms with E-state index in [4.69, 9.17) is 14.1 Å². The Labute approximate surface area is 173 Å². The predicted octanol–water partition coefficient (Wildman–Crippen LogP) is 5.66. The summed E-state index contributed by atoms with van der Waals surface area (Å²) in [6.07, 6.45) is 1.70. The molecule has 0 amide bonds. The van der Waals surface area contributed by atoms with Gasteiger partial charge < -0.3 is 9.15 Å². The van der Waals surface area contributed by atoms with E-state index in [-0.39, 0.29) is 5.82 Å². The van der Waals surface area contributed by atoms with Crippen molar-refractivity contribution in [1.29, 1.82) is 0 Å². The Bertz CT molecular complexity index is 1000. The molecule has 6 heteroatoms. The molecule has 0 aliphatic carbocycles. The summed E-state index contributed by atoms with van der Waals surface area (Å²) in [5.41, 5.74) is 2.24. The molecule has 0 fully saturated rings. The summed E-state index contributed by atoms with van der Waals surface area (Å²) in [6.45, 7) is 2.59. The second kappa shape index (κ2) is 9.49. The third kappa shape index (κ3) is 5.76. The van der Waals surface area contributed by atoms with Gasteiger partial charge in [-0.25, -0.2) is 9.37 Å². The number of furan rings is 1. The van der Waals surface area contributed by atoms with Gasteiger partial charge in [0.1, 0.15) is 28.9 Å². The Morgan fingerprint density at radius 1 is 0.931 bits per heavy atom. The molecular weight excluding hydrogens is 387 g/mol. The maximum atomic E-state index is 13.0. The first-order chi connectivity index (χ1) is 14.2. The molecule has 0 spiro atoms. The van der Waals surface area contributed by atoms with Gasteiger partial charge in [0, 0.05) is 18.5 Å². The van der Waals surface area contributed by atoms with E-state index in [0.717, 1.165) is 23.0 Å². The Hall–Kier alpha value is -2.96. The van der Waals surface area contributed by atoms with Gasteiger partial charge in [-0.3, -0.25) is 4.90 Å². The van der Waals surface area contributed by atoms with E-state index in [2.05, 4.69) is 22.4 Å². The third-order valence-corrected chi connectivity index (χ3v) is 5.24. The average Bonchev–Trinajstić information content (AvgIpc) is 3.40. The first-order valence-electron chi connectivity index (χ1n) is 9.35. The normalized spacial score (nSPS) is 11.1. The average molecular weight is 408 g/mol. The number of hydrogen-bond acceptors (Lipinski definition) is 5. The van der Waals surface area contributed by atoms with Crippen molar-refractivity contribution in [2.75, 3.05) is 0 Å². The molecule has 0 atom stereocenters. The molecule has 0 N–H and O–H groups in total. The molecular formula is C23H21FN2O2S. The van der Waals surface area contributed by atoms with Gasteiger partial charge in [0.15, 0.2) is 0 Å². The number of nitrogens with zero attached hydrogens (tertiary/aromatic N) is 2. The standard InChI is InChI=1S/C23H21FN2O2S/c24-19-8-10-21(11-9-19)28-16-23-25-20(17-29-23)14-26(15-22-7-4-12-27-22)13-18-5-2-1-3-6-18/h1-12,17H,13-16H2. The van der Waals surface area contributed by atoms with Gasteiger partial charge in [0.2, 0.25) is 0 Å². The predicted molar refractivity (Wildman–Crippen MR) is 111 cm³/mol. The molecule has 0 radical (unpaired) electrons. The minimum atomic E-state index is -0.274. The highest BCUT2D eigenvalue weighted by atomic mass is 32.1. The highest BCUT2D eigenvalue weighted by molar-refractivity contribution is 7.09. The molecule has 148 valence electrons. The molecule has 29 heavy (non-hydrogen) atoms. The number of hydrogen-bond donors (Lipinski definition) is 0. The summed E-state index contributed by atoms with van der Waals surface area (Å²) in [5, 5.41) is 2.95. The van der Waals surface area contributed by atoms with Gasteiger partial charge >= 0.3 is 0 Å². The minimum absolute atomic E-state index is 0.274. The van der Waals surface area contributed by atoms with Crippen LogP contribution in [0.15, 0.2) is 82.8 Å². The van der Waals surface area contributed by atoms with Crippen LogP contribution in [0.1, 0.15) is 22.0 Å². The molecule has 0 saturated heterocycles. The molecule has 2 aromatic carbocycles. The second-order valence-corrected chi connectivity index (χ2v) is 7.63. The fraction of sp³-hybridized carbons (Fsp3) is 0.174. The maximum absolute atomic E-state index is 13.0. The number of aromatic nitrogens is 1. The monoisotopic (exact) mass is 408 g/mol. The second-order valence-electron chi connectivity index (χ2n) is 6.69. The van der Waals surface area contributed by atoms with Gasteiger partial charge in [0.05, 0.1) is 18.5 Å². The lowest BCUT2D eigenvalue weighted by Gasteiger charge is -2.20. The van der Waals surface area contributed by atoms with Gasteiger partial charge in [0.25, 0.3) is 0 Å². The zero-order chi connectivity index (χ0) is 19.9. The number of benzene rings is 2. The minimum Gasteiger partial charge on any atom is -0.486 e. The van der Waals surface area contributed by atoms with Crippen LogP contribution in [0, 0.1) is 5.82 Å². The van der Waals surface area contributed by atoms with Crippen molar-refractivity contribution in [2.24, 2.45) is 0 Å². The van der Waals surface area contributed by atoms with Crippen LogP contribution < -0.4 is 4.74 Å². The molecule has 0 unspecified atom stereocenters. The molecule has 0 aliphatic rings. The van der Waals surface area contributed by atoms with Crippen molar-refractivity contribution in [3.8, 4) is 5.75 Å². The number of ether oxygens (including phenoxy) is 1. The van der Waals surface area contributed by atoms with Crippen molar-refractivity contribution in [1.82, 2.24) is 9.88 Å². The Balaban J connectivity index is 1.39. The molecule has 4 rings (SSSR count). The van der Waals surface area contributed by atoms with Crippen molar-refractivity contribution < 1.29 is 13.5 Å². The Kier molecular flexibility index (Phi) is 6.34. The van der Waals surface area contributed by atoms with E-state index in [0.29, 0.717) is 25.4 Å². The smallest absolute Gasteiger partial charge is 0.140 e. The van der Waals surface area contributed by atoms with Crippen LogP contribution in [0.25, 0.3) is 0 Å². The number of rotatable bonds is 9. The first-order valence-corrected chi connectivity index (χ1v) is 10.2. The molecule has 2 heterocycles.